The van der Waals surface area contributed by atoms with Crippen LogP contribution in [-0.4, -0.2) is 9.97 Å². The summed E-state index contributed by atoms with van der Waals surface area (Å²) in [5, 5.41) is 0. The molecule has 3 nitrogen and oxygen atoms in total. The van der Waals surface area contributed by atoms with Crippen molar-refractivity contribution in [3.05, 3.63) is 40.1 Å². The van der Waals surface area contributed by atoms with Crippen molar-refractivity contribution in [3.8, 4) is 11.3 Å². The zero-order valence-corrected chi connectivity index (χ0v) is 9.47. The number of nitrogen functional groups attached to an aromatic ring is 1. The van der Waals surface area contributed by atoms with Crippen molar-refractivity contribution in [3.63, 3.8) is 0 Å². The zero-order chi connectivity index (χ0) is 9.97. The molecule has 0 amide bonds. The normalized spacial score (nSPS) is 10.1. The third-order valence-corrected chi connectivity index (χ3v) is 2.33. The average Bonchev–Trinajstić information content (AvgIpc) is 2.18. The van der Waals surface area contributed by atoms with Gasteiger partial charge in [-0.3, -0.25) is 0 Å². The Morgan fingerprint density at radius 2 is 1.79 bits per heavy atom. The number of hydrogen-bond acceptors (Lipinski definition) is 3. The first kappa shape index (κ1) is 9.39. The van der Waals surface area contributed by atoms with Crippen molar-refractivity contribution in [1.29, 1.82) is 0 Å². The number of rotatable bonds is 1. The van der Waals surface area contributed by atoms with Crippen LogP contribution >= 0.6 is 22.6 Å². The Labute approximate surface area is 95.5 Å². The van der Waals surface area contributed by atoms with Crippen molar-refractivity contribution in [2.24, 2.45) is 0 Å². The van der Waals surface area contributed by atoms with Crippen LogP contribution in [-0.2, 0) is 0 Å². The van der Waals surface area contributed by atoms with E-state index in [9.17, 15) is 0 Å². The summed E-state index contributed by atoms with van der Waals surface area (Å²) in [4.78, 5) is 8.18. The minimum atomic E-state index is 0.316. The second-order valence-corrected chi connectivity index (χ2v) is 3.91. The topological polar surface area (TPSA) is 51.8 Å². The fourth-order valence-electron chi connectivity index (χ4n) is 1.19. The maximum Gasteiger partial charge on any atom is 0.221 e. The third-order valence-electron chi connectivity index (χ3n) is 1.78. The smallest absolute Gasteiger partial charge is 0.221 e. The number of nitrogens with zero attached hydrogens (tertiary/aromatic N) is 2. The fourth-order valence-corrected chi connectivity index (χ4v) is 1.73. The van der Waals surface area contributed by atoms with Crippen LogP contribution < -0.4 is 5.73 Å². The van der Waals surface area contributed by atoms with Crippen LogP contribution in [0.2, 0.25) is 0 Å². The van der Waals surface area contributed by atoms with Gasteiger partial charge in [0.15, 0.2) is 0 Å². The van der Waals surface area contributed by atoms with E-state index in [1.54, 1.807) is 0 Å². The lowest BCUT2D eigenvalue weighted by atomic mass is 10.1. The van der Waals surface area contributed by atoms with Gasteiger partial charge in [-0.05, 0) is 28.7 Å². The van der Waals surface area contributed by atoms with Crippen molar-refractivity contribution >= 4 is 28.5 Å². The van der Waals surface area contributed by atoms with E-state index in [2.05, 4.69) is 32.6 Å². The van der Waals surface area contributed by atoms with Gasteiger partial charge in [-0.2, -0.15) is 0 Å². The molecule has 0 radical (unpaired) electrons. The number of nitrogens with two attached hydrogens (primary N) is 1. The molecule has 70 valence electrons. The average molecular weight is 297 g/mol. The molecule has 2 N–H and O–H groups in total. The van der Waals surface area contributed by atoms with E-state index in [4.69, 9.17) is 5.73 Å². The molecular formula is C10H8IN3. The first-order chi connectivity index (χ1) is 6.75. The Balaban J connectivity index is 2.52. The fraction of sp³-hybridized carbons (Fsp3) is 0. The molecule has 1 aromatic carbocycles. The molecule has 0 saturated heterocycles. The highest BCUT2D eigenvalue weighted by molar-refractivity contribution is 14.1. The molecule has 4 heteroatoms. The number of halogens is 1. The molecule has 1 heterocycles. The third kappa shape index (κ3) is 2.01. The van der Waals surface area contributed by atoms with Crippen LogP contribution in [0.5, 0.6) is 0 Å². The highest BCUT2D eigenvalue weighted by Crippen LogP contribution is 2.18. The van der Waals surface area contributed by atoms with Gasteiger partial charge < -0.3 is 5.73 Å². The van der Waals surface area contributed by atoms with E-state index in [1.807, 2.05) is 36.4 Å². The molecule has 0 bridgehead atoms. The Bertz CT molecular complexity index is 422. The van der Waals surface area contributed by atoms with Crippen LogP contribution in [0.4, 0.5) is 5.95 Å². The lowest BCUT2D eigenvalue weighted by Gasteiger charge is -2.01. The van der Waals surface area contributed by atoms with Crippen LogP contribution in [0.15, 0.2) is 36.4 Å². The molecule has 0 atom stereocenters. The van der Waals surface area contributed by atoms with Gasteiger partial charge >= 0.3 is 0 Å². The van der Waals surface area contributed by atoms with E-state index in [1.165, 1.54) is 0 Å². The quantitative estimate of drug-likeness (QED) is 0.649. The molecule has 2 rings (SSSR count). The largest absolute Gasteiger partial charge is 0.368 e. The second kappa shape index (κ2) is 3.91. The molecule has 0 fully saturated rings. The van der Waals surface area contributed by atoms with Gasteiger partial charge in [-0.15, -0.1) is 0 Å². The molecule has 0 aliphatic rings. The summed E-state index contributed by atoms with van der Waals surface area (Å²) < 4.78 is 0.856. The molecule has 0 aliphatic heterocycles. The highest BCUT2D eigenvalue weighted by atomic mass is 127. The highest BCUT2D eigenvalue weighted by Gasteiger charge is 2.01. The SMILES string of the molecule is Nc1nc(I)cc(-c2ccccc2)n1. The van der Waals surface area contributed by atoms with Crippen molar-refractivity contribution < 1.29 is 0 Å². The van der Waals surface area contributed by atoms with Crippen LogP contribution in [0.1, 0.15) is 0 Å². The van der Waals surface area contributed by atoms with E-state index < -0.39 is 0 Å². The van der Waals surface area contributed by atoms with E-state index in [0.29, 0.717) is 5.95 Å². The summed E-state index contributed by atoms with van der Waals surface area (Å²) in [5.41, 5.74) is 7.49. The molecule has 0 aliphatic carbocycles. The Kier molecular flexibility index (Phi) is 2.62. The number of anilines is 1. The minimum Gasteiger partial charge on any atom is -0.368 e. The molecule has 0 spiro atoms. The van der Waals surface area contributed by atoms with Gasteiger partial charge in [-0.1, -0.05) is 30.3 Å². The summed E-state index contributed by atoms with van der Waals surface area (Å²) in [6.07, 6.45) is 0. The van der Waals surface area contributed by atoms with Gasteiger partial charge in [0.25, 0.3) is 0 Å². The lowest BCUT2D eigenvalue weighted by Crippen LogP contribution is -1.97. The summed E-state index contributed by atoms with van der Waals surface area (Å²) in [6, 6.07) is 11.8. The predicted molar refractivity (Wildman–Crippen MR) is 64.6 cm³/mol. The monoisotopic (exact) mass is 297 g/mol. The van der Waals surface area contributed by atoms with Crippen molar-refractivity contribution in [1.82, 2.24) is 9.97 Å². The van der Waals surface area contributed by atoms with E-state index in [-0.39, 0.29) is 0 Å². The Hall–Kier alpha value is -1.17. The van der Waals surface area contributed by atoms with E-state index >= 15 is 0 Å². The summed E-state index contributed by atoms with van der Waals surface area (Å²) >= 11 is 2.13. The van der Waals surface area contributed by atoms with Crippen molar-refractivity contribution in [2.75, 3.05) is 5.73 Å². The van der Waals surface area contributed by atoms with Gasteiger partial charge in [0.05, 0.1) is 5.69 Å². The van der Waals surface area contributed by atoms with Crippen LogP contribution in [0, 0.1) is 3.70 Å². The molecular weight excluding hydrogens is 289 g/mol. The summed E-state index contributed by atoms with van der Waals surface area (Å²) in [5.74, 6) is 0.316. The number of benzene rings is 1. The molecule has 14 heavy (non-hydrogen) atoms. The van der Waals surface area contributed by atoms with Crippen LogP contribution in [0.3, 0.4) is 0 Å². The zero-order valence-electron chi connectivity index (χ0n) is 7.31. The first-order valence-corrected chi connectivity index (χ1v) is 5.19. The lowest BCUT2D eigenvalue weighted by molar-refractivity contribution is 1.16. The van der Waals surface area contributed by atoms with Crippen molar-refractivity contribution in [2.45, 2.75) is 0 Å². The minimum absolute atomic E-state index is 0.316. The second-order valence-electron chi connectivity index (χ2n) is 2.80. The van der Waals surface area contributed by atoms with Gasteiger partial charge in [0.2, 0.25) is 5.95 Å². The molecule has 0 saturated carbocycles. The maximum atomic E-state index is 5.57. The van der Waals surface area contributed by atoms with Gasteiger partial charge in [0, 0.05) is 5.56 Å². The number of aromatic nitrogens is 2. The summed E-state index contributed by atoms with van der Waals surface area (Å²) in [6.45, 7) is 0. The Morgan fingerprint density at radius 3 is 2.43 bits per heavy atom. The Morgan fingerprint density at radius 1 is 1.07 bits per heavy atom. The van der Waals surface area contributed by atoms with Crippen LogP contribution in [0.25, 0.3) is 11.3 Å². The molecule has 1 aromatic heterocycles. The number of hydrogen-bond donors (Lipinski definition) is 1. The van der Waals surface area contributed by atoms with Gasteiger partial charge in [0.1, 0.15) is 3.70 Å². The van der Waals surface area contributed by atoms with Gasteiger partial charge in [-0.25, -0.2) is 9.97 Å². The molecule has 0 unspecified atom stereocenters. The summed E-state index contributed by atoms with van der Waals surface area (Å²) in [7, 11) is 0. The molecule has 2 aromatic rings. The maximum absolute atomic E-state index is 5.57. The van der Waals surface area contributed by atoms with E-state index in [0.717, 1.165) is 15.0 Å². The predicted octanol–water partition coefficient (Wildman–Crippen LogP) is 2.33. The first-order valence-electron chi connectivity index (χ1n) is 4.11. The standard InChI is InChI=1S/C10H8IN3/c11-9-6-8(13-10(12)14-9)7-4-2-1-3-5-7/h1-6H,(H2,12,13,14).